The molecule has 0 saturated heterocycles. The standard InChI is InChI=1S/C25H34N4O4Si/c1-25(2,3)34(4,5)31-16-22-27-28-24(32-22)18-11-13-19(14-12-18)26-23(30)20-15-21(33-29-20)17-9-7-6-8-10-17/h6-10,15,18-19H,11-14,16H2,1-5H3,(H,26,30). The van der Waals surface area contributed by atoms with E-state index in [9.17, 15) is 4.79 Å². The number of rotatable bonds is 7. The van der Waals surface area contributed by atoms with Gasteiger partial charge in [-0.25, -0.2) is 0 Å². The van der Waals surface area contributed by atoms with Crippen LogP contribution in [0.3, 0.4) is 0 Å². The van der Waals surface area contributed by atoms with Crippen molar-refractivity contribution in [3.63, 3.8) is 0 Å². The number of nitrogens with zero attached hydrogens (tertiary/aromatic N) is 3. The summed E-state index contributed by atoms with van der Waals surface area (Å²) in [5, 5.41) is 15.6. The van der Waals surface area contributed by atoms with E-state index >= 15 is 0 Å². The number of aromatic nitrogens is 3. The van der Waals surface area contributed by atoms with Crippen LogP contribution in [0.25, 0.3) is 11.3 Å². The second-order valence-corrected chi connectivity index (χ2v) is 15.4. The van der Waals surface area contributed by atoms with Gasteiger partial charge >= 0.3 is 0 Å². The molecule has 2 aromatic heterocycles. The Morgan fingerprint density at radius 3 is 2.50 bits per heavy atom. The second-order valence-electron chi connectivity index (χ2n) is 10.5. The lowest BCUT2D eigenvalue weighted by Crippen LogP contribution is -2.40. The third-order valence-electron chi connectivity index (χ3n) is 7.06. The van der Waals surface area contributed by atoms with E-state index in [2.05, 4.69) is 54.5 Å². The lowest BCUT2D eigenvalue weighted by molar-refractivity contribution is 0.0915. The lowest BCUT2D eigenvalue weighted by atomic mass is 9.86. The Morgan fingerprint density at radius 1 is 1.12 bits per heavy atom. The van der Waals surface area contributed by atoms with Crippen LogP contribution < -0.4 is 5.32 Å². The highest BCUT2D eigenvalue weighted by Gasteiger charge is 2.37. The maximum absolute atomic E-state index is 12.7. The molecular weight excluding hydrogens is 448 g/mol. The first-order valence-corrected chi connectivity index (χ1v) is 14.8. The van der Waals surface area contributed by atoms with Gasteiger partial charge in [-0.15, -0.1) is 10.2 Å². The first-order valence-electron chi connectivity index (χ1n) is 11.9. The minimum atomic E-state index is -1.87. The van der Waals surface area contributed by atoms with Gasteiger partial charge in [0.1, 0.15) is 6.61 Å². The topological polar surface area (TPSA) is 103 Å². The number of carbonyl (C=O) groups is 1. The SMILES string of the molecule is CC(C)(C)[Si](C)(C)OCc1nnc(C2CCC(NC(=O)c3cc(-c4ccccc4)on3)CC2)o1. The molecule has 182 valence electrons. The molecule has 1 aliphatic rings. The quantitative estimate of drug-likeness (QED) is 0.431. The molecule has 9 heteroatoms. The van der Waals surface area contributed by atoms with Gasteiger partial charge in [0, 0.05) is 23.6 Å². The largest absolute Gasteiger partial charge is 0.423 e. The van der Waals surface area contributed by atoms with Crippen molar-refractivity contribution in [1.82, 2.24) is 20.7 Å². The summed E-state index contributed by atoms with van der Waals surface area (Å²) in [6.07, 6.45) is 3.45. The molecule has 1 amide bonds. The summed E-state index contributed by atoms with van der Waals surface area (Å²) in [5.74, 6) is 1.79. The summed E-state index contributed by atoms with van der Waals surface area (Å²) in [6, 6.07) is 11.4. The van der Waals surface area contributed by atoms with Crippen LogP contribution in [0.4, 0.5) is 0 Å². The van der Waals surface area contributed by atoms with E-state index in [0.717, 1.165) is 31.2 Å². The average molecular weight is 483 g/mol. The van der Waals surface area contributed by atoms with E-state index in [4.69, 9.17) is 13.4 Å². The Balaban J connectivity index is 1.26. The summed E-state index contributed by atoms with van der Waals surface area (Å²) in [7, 11) is -1.87. The van der Waals surface area contributed by atoms with Crippen LogP contribution in [0, 0.1) is 0 Å². The summed E-state index contributed by atoms with van der Waals surface area (Å²) in [5.41, 5.74) is 1.19. The minimum Gasteiger partial charge on any atom is -0.423 e. The molecule has 0 radical (unpaired) electrons. The maximum atomic E-state index is 12.7. The van der Waals surface area contributed by atoms with Crippen LogP contribution in [-0.2, 0) is 11.0 Å². The number of hydrogen-bond acceptors (Lipinski definition) is 7. The summed E-state index contributed by atoms with van der Waals surface area (Å²) in [4.78, 5) is 12.7. The molecule has 0 atom stereocenters. The van der Waals surface area contributed by atoms with E-state index in [0.29, 0.717) is 29.8 Å². The summed E-state index contributed by atoms with van der Waals surface area (Å²) < 4.78 is 17.5. The van der Waals surface area contributed by atoms with Crippen LogP contribution in [0.15, 0.2) is 45.3 Å². The zero-order valence-electron chi connectivity index (χ0n) is 20.6. The molecule has 8 nitrogen and oxygen atoms in total. The molecule has 3 aromatic rings. The first kappa shape index (κ1) is 24.3. The fourth-order valence-corrected chi connectivity index (χ4v) is 4.73. The Kier molecular flexibility index (Phi) is 7.04. The molecule has 34 heavy (non-hydrogen) atoms. The monoisotopic (exact) mass is 482 g/mol. The van der Waals surface area contributed by atoms with Crippen molar-refractivity contribution in [3.05, 3.63) is 53.9 Å². The first-order chi connectivity index (χ1) is 16.1. The number of carbonyl (C=O) groups excluding carboxylic acids is 1. The fourth-order valence-electron chi connectivity index (χ4n) is 3.81. The predicted molar refractivity (Wildman–Crippen MR) is 131 cm³/mol. The van der Waals surface area contributed by atoms with E-state index in [1.165, 1.54) is 0 Å². The molecule has 0 unspecified atom stereocenters. The van der Waals surface area contributed by atoms with Crippen LogP contribution in [0.2, 0.25) is 18.1 Å². The Hall–Kier alpha value is -2.78. The normalized spacial score (nSPS) is 19.2. The average Bonchev–Trinajstić information content (AvgIpc) is 3.48. The number of amides is 1. The van der Waals surface area contributed by atoms with Crippen LogP contribution in [-0.4, -0.2) is 35.6 Å². The number of nitrogens with one attached hydrogen (secondary N) is 1. The highest BCUT2D eigenvalue weighted by Crippen LogP contribution is 2.37. The van der Waals surface area contributed by atoms with Gasteiger partial charge in [-0.05, 0) is 43.8 Å². The Labute approximate surface area is 201 Å². The molecule has 0 aliphatic heterocycles. The van der Waals surface area contributed by atoms with E-state index < -0.39 is 8.32 Å². The molecule has 0 bridgehead atoms. The van der Waals surface area contributed by atoms with Gasteiger partial charge in [0.15, 0.2) is 19.8 Å². The highest BCUT2D eigenvalue weighted by molar-refractivity contribution is 6.74. The molecule has 1 fully saturated rings. The van der Waals surface area contributed by atoms with E-state index in [-0.39, 0.29) is 22.9 Å². The van der Waals surface area contributed by atoms with Crippen molar-refractivity contribution >= 4 is 14.2 Å². The van der Waals surface area contributed by atoms with Crippen molar-refractivity contribution in [2.24, 2.45) is 0 Å². The highest BCUT2D eigenvalue weighted by atomic mass is 28.4. The molecule has 1 aliphatic carbocycles. The van der Waals surface area contributed by atoms with E-state index in [1.807, 2.05) is 30.3 Å². The minimum absolute atomic E-state index is 0.0879. The third-order valence-corrected chi connectivity index (χ3v) is 11.5. The fraction of sp³-hybridized carbons (Fsp3) is 0.520. The molecular formula is C25H34N4O4Si. The van der Waals surface area contributed by atoms with Gasteiger partial charge in [-0.2, -0.15) is 0 Å². The van der Waals surface area contributed by atoms with Crippen LogP contribution in [0.1, 0.15) is 74.6 Å². The van der Waals surface area contributed by atoms with Crippen LogP contribution >= 0.6 is 0 Å². The third kappa shape index (κ3) is 5.64. The summed E-state index contributed by atoms with van der Waals surface area (Å²) >= 11 is 0. The predicted octanol–water partition coefficient (Wildman–Crippen LogP) is 5.70. The van der Waals surface area contributed by atoms with Crippen molar-refractivity contribution in [3.8, 4) is 11.3 Å². The van der Waals surface area contributed by atoms with Crippen molar-refractivity contribution in [2.75, 3.05) is 0 Å². The van der Waals surface area contributed by atoms with Gasteiger partial charge in [-0.1, -0.05) is 56.3 Å². The molecule has 4 rings (SSSR count). The maximum Gasteiger partial charge on any atom is 0.273 e. The number of hydrogen-bond donors (Lipinski definition) is 1. The molecule has 1 saturated carbocycles. The van der Waals surface area contributed by atoms with Crippen molar-refractivity contribution in [1.29, 1.82) is 0 Å². The lowest BCUT2D eigenvalue weighted by Gasteiger charge is -2.35. The Bertz CT molecular complexity index is 1100. The number of benzene rings is 1. The van der Waals surface area contributed by atoms with Gasteiger partial charge < -0.3 is 18.7 Å². The molecule has 0 spiro atoms. The zero-order chi connectivity index (χ0) is 24.3. The van der Waals surface area contributed by atoms with E-state index in [1.54, 1.807) is 6.07 Å². The van der Waals surface area contributed by atoms with Gasteiger partial charge in [-0.3, -0.25) is 4.79 Å². The molecule has 1 aromatic carbocycles. The molecule has 2 heterocycles. The molecule has 1 N–H and O–H groups in total. The summed E-state index contributed by atoms with van der Waals surface area (Å²) in [6.45, 7) is 11.4. The van der Waals surface area contributed by atoms with Crippen molar-refractivity contribution < 1.29 is 18.2 Å². The van der Waals surface area contributed by atoms with Crippen molar-refractivity contribution in [2.45, 2.75) is 83.2 Å². The second kappa shape index (κ2) is 9.83. The van der Waals surface area contributed by atoms with Gasteiger partial charge in [0.2, 0.25) is 11.8 Å². The Morgan fingerprint density at radius 2 is 1.82 bits per heavy atom. The van der Waals surface area contributed by atoms with Gasteiger partial charge in [0.25, 0.3) is 5.91 Å². The smallest absolute Gasteiger partial charge is 0.273 e. The zero-order valence-corrected chi connectivity index (χ0v) is 21.6. The van der Waals surface area contributed by atoms with Gasteiger partial charge in [0.05, 0.1) is 0 Å². The van der Waals surface area contributed by atoms with Crippen LogP contribution in [0.5, 0.6) is 0 Å².